The van der Waals surface area contributed by atoms with Crippen molar-refractivity contribution in [1.29, 1.82) is 0 Å². The van der Waals surface area contributed by atoms with E-state index in [4.69, 9.17) is 4.42 Å². The Balaban J connectivity index is 2.26. The zero-order valence-electron chi connectivity index (χ0n) is 9.02. The van der Waals surface area contributed by atoms with Crippen LogP contribution in [0.25, 0.3) is 22.6 Å². The summed E-state index contributed by atoms with van der Waals surface area (Å²) in [5.74, 6) is -2.39. The lowest BCUT2D eigenvalue weighted by molar-refractivity contribution is 0.459. The van der Waals surface area contributed by atoms with Crippen LogP contribution in [0.2, 0.25) is 0 Å². The highest BCUT2D eigenvalue weighted by molar-refractivity contribution is 5.77. The fraction of sp³-hybridized carbons (Fsp3) is 0. The fourth-order valence-corrected chi connectivity index (χ4v) is 1.75. The molecule has 0 aliphatic rings. The molecular weight excluding hydrogens is 240 g/mol. The summed E-state index contributed by atoms with van der Waals surface area (Å²) in [5, 5.41) is 9.57. The van der Waals surface area contributed by atoms with Gasteiger partial charge in [0, 0.05) is 12.1 Å². The van der Waals surface area contributed by atoms with Gasteiger partial charge in [-0.25, -0.2) is 13.8 Å². The van der Waals surface area contributed by atoms with Gasteiger partial charge in [0.2, 0.25) is 5.89 Å². The van der Waals surface area contributed by atoms with Crippen molar-refractivity contribution in [3.63, 3.8) is 0 Å². The maximum atomic E-state index is 13.6. The van der Waals surface area contributed by atoms with E-state index >= 15 is 0 Å². The quantitative estimate of drug-likeness (QED) is 0.716. The summed E-state index contributed by atoms with van der Waals surface area (Å²) in [6.07, 6.45) is 0. The van der Waals surface area contributed by atoms with E-state index in [1.807, 2.05) is 0 Å². The van der Waals surface area contributed by atoms with Gasteiger partial charge in [-0.05, 0) is 12.1 Å². The maximum absolute atomic E-state index is 13.6. The molecule has 0 aliphatic carbocycles. The van der Waals surface area contributed by atoms with E-state index in [2.05, 4.69) is 4.98 Å². The van der Waals surface area contributed by atoms with Crippen LogP contribution in [0, 0.1) is 11.6 Å². The van der Waals surface area contributed by atoms with E-state index in [-0.39, 0.29) is 11.5 Å². The van der Waals surface area contributed by atoms with Gasteiger partial charge in [-0.15, -0.1) is 0 Å². The molecule has 0 radical (unpaired) electrons. The second kappa shape index (κ2) is 3.80. The molecule has 1 aromatic heterocycles. The molecule has 0 unspecified atom stereocenters. The number of hydrogen-bond acceptors (Lipinski definition) is 3. The third-order valence-corrected chi connectivity index (χ3v) is 2.54. The van der Waals surface area contributed by atoms with Crippen LogP contribution < -0.4 is 0 Å². The molecule has 0 spiro atoms. The third-order valence-electron chi connectivity index (χ3n) is 2.54. The Bertz CT molecular complexity index is 681. The zero-order chi connectivity index (χ0) is 12.7. The maximum Gasteiger partial charge on any atom is 0.234 e. The summed E-state index contributed by atoms with van der Waals surface area (Å²) >= 11 is 0. The topological polar surface area (TPSA) is 46.3 Å². The van der Waals surface area contributed by atoms with Crippen LogP contribution in [0.1, 0.15) is 0 Å². The van der Waals surface area contributed by atoms with Crippen molar-refractivity contribution in [2.24, 2.45) is 0 Å². The van der Waals surface area contributed by atoms with Crippen molar-refractivity contribution >= 4 is 11.1 Å². The Morgan fingerprint density at radius 2 is 1.89 bits per heavy atom. The smallest absolute Gasteiger partial charge is 0.234 e. The molecule has 0 saturated carbocycles. The number of fused-ring (bicyclic) bond motifs is 1. The normalized spacial score (nSPS) is 11.0. The summed E-state index contributed by atoms with van der Waals surface area (Å²) in [6, 6.07) is 8.36. The monoisotopic (exact) mass is 247 g/mol. The molecule has 0 bridgehead atoms. The molecule has 0 aliphatic heterocycles. The van der Waals surface area contributed by atoms with Crippen molar-refractivity contribution in [3.8, 4) is 17.2 Å². The summed E-state index contributed by atoms with van der Waals surface area (Å²) < 4.78 is 31.8. The van der Waals surface area contributed by atoms with Crippen molar-refractivity contribution in [2.45, 2.75) is 0 Å². The van der Waals surface area contributed by atoms with E-state index in [1.54, 1.807) is 24.3 Å². The molecule has 2 aromatic carbocycles. The lowest BCUT2D eigenvalue weighted by Crippen LogP contribution is -1.87. The third kappa shape index (κ3) is 1.60. The number of hydrogen-bond donors (Lipinski definition) is 1. The molecule has 18 heavy (non-hydrogen) atoms. The Morgan fingerprint density at radius 3 is 2.61 bits per heavy atom. The van der Waals surface area contributed by atoms with Crippen LogP contribution in [0.15, 0.2) is 40.8 Å². The minimum absolute atomic E-state index is 0.0776. The van der Waals surface area contributed by atoms with Crippen LogP contribution in [0.4, 0.5) is 8.78 Å². The number of benzene rings is 2. The average Bonchev–Trinajstić information content (AvgIpc) is 2.70. The number of oxazole rings is 1. The summed E-state index contributed by atoms with van der Waals surface area (Å²) in [4.78, 5) is 4.05. The fourth-order valence-electron chi connectivity index (χ4n) is 1.75. The van der Waals surface area contributed by atoms with Gasteiger partial charge >= 0.3 is 0 Å². The molecule has 0 atom stereocenters. The van der Waals surface area contributed by atoms with Crippen LogP contribution in [-0.4, -0.2) is 10.1 Å². The van der Waals surface area contributed by atoms with E-state index in [0.717, 1.165) is 6.07 Å². The summed E-state index contributed by atoms with van der Waals surface area (Å²) in [6.45, 7) is 0. The highest BCUT2D eigenvalue weighted by Crippen LogP contribution is 2.33. The van der Waals surface area contributed by atoms with Crippen LogP contribution in [-0.2, 0) is 0 Å². The van der Waals surface area contributed by atoms with Crippen molar-refractivity contribution < 1.29 is 18.3 Å². The van der Waals surface area contributed by atoms with Gasteiger partial charge in [0.05, 0.1) is 0 Å². The van der Waals surface area contributed by atoms with Crippen LogP contribution in [0.5, 0.6) is 5.75 Å². The first kappa shape index (κ1) is 10.7. The second-order valence-electron chi connectivity index (χ2n) is 3.77. The highest BCUT2D eigenvalue weighted by Gasteiger charge is 2.18. The molecule has 5 heteroatoms. The van der Waals surface area contributed by atoms with Crippen LogP contribution >= 0.6 is 0 Å². The number of aromatic nitrogens is 1. The minimum Gasteiger partial charge on any atom is -0.507 e. The van der Waals surface area contributed by atoms with Gasteiger partial charge in [0.25, 0.3) is 0 Å². The molecule has 3 rings (SSSR count). The second-order valence-corrected chi connectivity index (χ2v) is 3.77. The Kier molecular flexibility index (Phi) is 2.26. The van der Waals surface area contributed by atoms with Crippen molar-refractivity contribution in [1.82, 2.24) is 4.98 Å². The van der Waals surface area contributed by atoms with Gasteiger partial charge in [0.15, 0.2) is 5.58 Å². The Morgan fingerprint density at radius 1 is 1.11 bits per heavy atom. The number of para-hydroxylation sites is 2. The molecule has 1 heterocycles. The molecule has 3 aromatic rings. The lowest BCUT2D eigenvalue weighted by atomic mass is 10.2. The first-order valence-corrected chi connectivity index (χ1v) is 5.19. The first-order chi connectivity index (χ1) is 8.65. The molecule has 0 amide bonds. The van der Waals surface area contributed by atoms with E-state index in [9.17, 15) is 13.9 Å². The number of halogens is 2. The SMILES string of the molecule is Oc1cc(F)cc(F)c1-c1nc2ccccc2o1. The number of phenolic OH excluding ortho intramolecular Hbond substituents is 1. The van der Waals surface area contributed by atoms with Gasteiger partial charge in [-0.2, -0.15) is 0 Å². The largest absolute Gasteiger partial charge is 0.507 e. The number of aromatic hydroxyl groups is 1. The molecule has 0 saturated heterocycles. The van der Waals surface area contributed by atoms with Gasteiger partial charge in [0.1, 0.15) is 28.5 Å². The number of nitrogens with zero attached hydrogens (tertiary/aromatic N) is 1. The number of phenols is 1. The van der Waals surface area contributed by atoms with E-state index in [0.29, 0.717) is 17.2 Å². The summed E-state index contributed by atoms with van der Waals surface area (Å²) in [5.41, 5.74) is 0.763. The highest BCUT2D eigenvalue weighted by atomic mass is 19.1. The first-order valence-electron chi connectivity index (χ1n) is 5.19. The predicted octanol–water partition coefficient (Wildman–Crippen LogP) is 3.48. The minimum atomic E-state index is -0.918. The molecule has 90 valence electrons. The van der Waals surface area contributed by atoms with E-state index < -0.39 is 17.4 Å². The van der Waals surface area contributed by atoms with E-state index in [1.165, 1.54) is 0 Å². The summed E-state index contributed by atoms with van der Waals surface area (Å²) in [7, 11) is 0. The Hall–Kier alpha value is -2.43. The average molecular weight is 247 g/mol. The number of rotatable bonds is 1. The standard InChI is InChI=1S/C13H7F2NO2/c14-7-5-8(15)12(10(17)6-7)13-16-9-3-1-2-4-11(9)18-13/h1-6,17H. The lowest BCUT2D eigenvalue weighted by Gasteiger charge is -2.01. The molecule has 0 fully saturated rings. The molecule has 1 N–H and O–H groups in total. The van der Waals surface area contributed by atoms with Crippen LogP contribution in [0.3, 0.4) is 0 Å². The molecular formula is C13H7F2NO2. The Labute approximate surface area is 100 Å². The van der Waals surface area contributed by atoms with Crippen molar-refractivity contribution in [3.05, 3.63) is 48.0 Å². The van der Waals surface area contributed by atoms with Crippen molar-refractivity contribution in [2.75, 3.05) is 0 Å². The van der Waals surface area contributed by atoms with Gasteiger partial charge < -0.3 is 9.52 Å². The predicted molar refractivity (Wildman–Crippen MR) is 61.0 cm³/mol. The molecule has 3 nitrogen and oxygen atoms in total. The zero-order valence-corrected chi connectivity index (χ0v) is 9.02. The van der Waals surface area contributed by atoms with Gasteiger partial charge in [-0.3, -0.25) is 0 Å². The van der Waals surface area contributed by atoms with Gasteiger partial charge in [-0.1, -0.05) is 12.1 Å².